The molecule has 0 radical (unpaired) electrons. The summed E-state index contributed by atoms with van der Waals surface area (Å²) in [6.07, 6.45) is 10.4. The van der Waals surface area contributed by atoms with E-state index in [0.717, 1.165) is 13.0 Å². The van der Waals surface area contributed by atoms with Crippen LogP contribution >= 0.6 is 0 Å². The topological polar surface area (TPSA) is 38.0 Å². The van der Waals surface area contributed by atoms with Crippen LogP contribution in [0.4, 0.5) is 0 Å². The van der Waals surface area contributed by atoms with E-state index < -0.39 is 0 Å². The summed E-state index contributed by atoms with van der Waals surface area (Å²) in [6.45, 7) is 1.05. The highest BCUT2D eigenvalue weighted by Gasteiger charge is 1.95. The van der Waals surface area contributed by atoms with Crippen molar-refractivity contribution >= 4 is 0 Å². The van der Waals surface area contributed by atoms with Crippen LogP contribution in [0.15, 0.2) is 43.0 Å². The minimum atomic E-state index is 0.342. The highest BCUT2D eigenvalue weighted by atomic mass is 16.3. The average Bonchev–Trinajstić information content (AvgIpc) is 2.84. The zero-order chi connectivity index (χ0) is 11.9. The number of aromatic nitrogens is 2. The Balaban J connectivity index is 1.61. The number of imidazole rings is 1. The molecule has 0 saturated heterocycles. The maximum Gasteiger partial charge on any atom is 0.115 e. The van der Waals surface area contributed by atoms with Gasteiger partial charge in [0.1, 0.15) is 5.75 Å². The summed E-state index contributed by atoms with van der Waals surface area (Å²) in [5.41, 5.74) is 1.30. The Hall–Kier alpha value is -1.77. The predicted molar refractivity (Wildman–Crippen MR) is 67.9 cm³/mol. The molecule has 1 N–H and O–H groups in total. The molecule has 2 rings (SSSR count). The molecule has 3 heteroatoms. The molecule has 0 aliphatic rings. The summed E-state index contributed by atoms with van der Waals surface area (Å²) >= 11 is 0. The van der Waals surface area contributed by atoms with Gasteiger partial charge in [0, 0.05) is 18.9 Å². The first kappa shape index (κ1) is 11.7. The molecule has 2 aromatic rings. The van der Waals surface area contributed by atoms with Gasteiger partial charge < -0.3 is 9.67 Å². The van der Waals surface area contributed by atoms with Crippen molar-refractivity contribution in [3.8, 4) is 5.75 Å². The van der Waals surface area contributed by atoms with E-state index in [0.29, 0.717) is 5.75 Å². The van der Waals surface area contributed by atoms with Crippen LogP contribution in [-0.4, -0.2) is 14.7 Å². The van der Waals surface area contributed by atoms with Crippen molar-refractivity contribution in [2.45, 2.75) is 32.2 Å². The molecule has 0 bridgehead atoms. The molecule has 17 heavy (non-hydrogen) atoms. The van der Waals surface area contributed by atoms with Gasteiger partial charge in [0.25, 0.3) is 0 Å². The number of aromatic hydroxyl groups is 1. The quantitative estimate of drug-likeness (QED) is 0.775. The molecule has 1 aromatic carbocycles. The van der Waals surface area contributed by atoms with Crippen molar-refractivity contribution < 1.29 is 5.11 Å². The van der Waals surface area contributed by atoms with Crippen molar-refractivity contribution in [2.24, 2.45) is 0 Å². The monoisotopic (exact) mass is 230 g/mol. The van der Waals surface area contributed by atoms with Crippen molar-refractivity contribution in [1.82, 2.24) is 9.55 Å². The second-order valence-electron chi connectivity index (χ2n) is 4.28. The van der Waals surface area contributed by atoms with E-state index in [-0.39, 0.29) is 0 Å². The van der Waals surface area contributed by atoms with Gasteiger partial charge >= 0.3 is 0 Å². The highest BCUT2D eigenvalue weighted by molar-refractivity contribution is 5.25. The minimum absolute atomic E-state index is 0.342. The Labute approximate surface area is 102 Å². The molecule has 1 aromatic heterocycles. The van der Waals surface area contributed by atoms with Crippen LogP contribution in [0.1, 0.15) is 24.8 Å². The second kappa shape index (κ2) is 6.09. The summed E-state index contributed by atoms with van der Waals surface area (Å²) < 4.78 is 2.11. The molecule has 0 fully saturated rings. The Morgan fingerprint density at radius 2 is 1.88 bits per heavy atom. The fourth-order valence-corrected chi connectivity index (χ4v) is 1.88. The SMILES string of the molecule is Oc1ccc(CCCCCn2ccnc2)cc1. The lowest BCUT2D eigenvalue weighted by Gasteiger charge is -2.03. The third-order valence-electron chi connectivity index (χ3n) is 2.88. The number of phenolic OH excluding ortho intramolecular Hbond substituents is 1. The lowest BCUT2D eigenvalue weighted by Crippen LogP contribution is -1.94. The van der Waals surface area contributed by atoms with Crippen LogP contribution in [0.3, 0.4) is 0 Å². The molecular weight excluding hydrogens is 212 g/mol. The molecule has 0 atom stereocenters. The van der Waals surface area contributed by atoms with Gasteiger partial charge in [-0.2, -0.15) is 0 Å². The van der Waals surface area contributed by atoms with Crippen molar-refractivity contribution in [3.05, 3.63) is 48.5 Å². The molecule has 0 aliphatic heterocycles. The van der Waals surface area contributed by atoms with Gasteiger partial charge in [-0.15, -0.1) is 0 Å². The maximum absolute atomic E-state index is 9.16. The van der Waals surface area contributed by atoms with Gasteiger partial charge in [0.2, 0.25) is 0 Å². The van der Waals surface area contributed by atoms with Gasteiger partial charge in [0.05, 0.1) is 6.33 Å². The smallest absolute Gasteiger partial charge is 0.115 e. The third kappa shape index (κ3) is 3.94. The number of benzene rings is 1. The van der Waals surface area contributed by atoms with Crippen LogP contribution in [0.2, 0.25) is 0 Å². The molecule has 0 spiro atoms. The number of unbranched alkanes of at least 4 members (excludes halogenated alkanes) is 2. The molecule has 3 nitrogen and oxygen atoms in total. The van der Waals surface area contributed by atoms with E-state index >= 15 is 0 Å². The van der Waals surface area contributed by atoms with Crippen molar-refractivity contribution in [2.75, 3.05) is 0 Å². The van der Waals surface area contributed by atoms with Crippen LogP contribution in [-0.2, 0) is 13.0 Å². The summed E-state index contributed by atoms with van der Waals surface area (Å²) in [5.74, 6) is 0.342. The molecule has 90 valence electrons. The van der Waals surface area contributed by atoms with Gasteiger partial charge in [-0.3, -0.25) is 0 Å². The molecule has 0 aliphatic carbocycles. The van der Waals surface area contributed by atoms with Crippen LogP contribution in [0.5, 0.6) is 5.75 Å². The number of hydrogen-bond acceptors (Lipinski definition) is 2. The van der Waals surface area contributed by atoms with E-state index in [9.17, 15) is 0 Å². The largest absolute Gasteiger partial charge is 0.508 e. The summed E-state index contributed by atoms with van der Waals surface area (Å²) in [5, 5.41) is 9.16. The Kier molecular flexibility index (Phi) is 4.19. The molecule has 0 unspecified atom stereocenters. The maximum atomic E-state index is 9.16. The lowest BCUT2D eigenvalue weighted by molar-refractivity contribution is 0.475. The average molecular weight is 230 g/mol. The van der Waals surface area contributed by atoms with E-state index in [2.05, 4.69) is 9.55 Å². The number of nitrogens with zero attached hydrogens (tertiary/aromatic N) is 2. The Morgan fingerprint density at radius 1 is 1.06 bits per heavy atom. The minimum Gasteiger partial charge on any atom is -0.508 e. The van der Waals surface area contributed by atoms with Crippen LogP contribution in [0.25, 0.3) is 0 Å². The van der Waals surface area contributed by atoms with E-state index in [4.69, 9.17) is 5.11 Å². The normalized spacial score (nSPS) is 10.6. The highest BCUT2D eigenvalue weighted by Crippen LogP contribution is 2.12. The van der Waals surface area contributed by atoms with E-state index in [1.165, 1.54) is 24.8 Å². The van der Waals surface area contributed by atoms with E-state index in [1.54, 1.807) is 12.1 Å². The fraction of sp³-hybridized carbons (Fsp3) is 0.357. The Bertz CT molecular complexity index is 420. The van der Waals surface area contributed by atoms with Gasteiger partial charge in [-0.25, -0.2) is 4.98 Å². The lowest BCUT2D eigenvalue weighted by atomic mass is 10.1. The van der Waals surface area contributed by atoms with Gasteiger partial charge in [-0.1, -0.05) is 18.6 Å². The van der Waals surface area contributed by atoms with Gasteiger partial charge in [-0.05, 0) is 37.0 Å². The predicted octanol–water partition coefficient (Wildman–Crippen LogP) is 3.00. The number of phenols is 1. The molecule has 0 saturated carbocycles. The summed E-state index contributed by atoms with van der Waals surface area (Å²) in [4.78, 5) is 4.02. The number of aryl methyl sites for hydroxylation is 2. The Morgan fingerprint density at radius 3 is 2.59 bits per heavy atom. The van der Waals surface area contributed by atoms with Crippen molar-refractivity contribution in [3.63, 3.8) is 0 Å². The van der Waals surface area contributed by atoms with Gasteiger partial charge in [0.15, 0.2) is 0 Å². The zero-order valence-corrected chi connectivity index (χ0v) is 9.92. The molecule has 1 heterocycles. The first-order valence-corrected chi connectivity index (χ1v) is 6.08. The standard InChI is InChI=1S/C14H18N2O/c17-14-7-5-13(6-8-14)4-2-1-3-10-16-11-9-15-12-16/h5-9,11-12,17H,1-4,10H2. The summed E-state index contributed by atoms with van der Waals surface area (Å²) in [6, 6.07) is 7.48. The second-order valence-corrected chi connectivity index (χ2v) is 4.28. The van der Waals surface area contributed by atoms with E-state index in [1.807, 2.05) is 30.9 Å². The van der Waals surface area contributed by atoms with Crippen LogP contribution < -0.4 is 0 Å². The summed E-state index contributed by atoms with van der Waals surface area (Å²) in [7, 11) is 0. The zero-order valence-electron chi connectivity index (χ0n) is 9.92. The molecular formula is C14H18N2O. The first-order chi connectivity index (χ1) is 8.34. The third-order valence-corrected chi connectivity index (χ3v) is 2.88. The van der Waals surface area contributed by atoms with Crippen molar-refractivity contribution in [1.29, 1.82) is 0 Å². The number of rotatable bonds is 6. The first-order valence-electron chi connectivity index (χ1n) is 6.08. The number of hydrogen-bond donors (Lipinski definition) is 1. The molecule has 0 amide bonds. The van der Waals surface area contributed by atoms with Crippen LogP contribution in [0, 0.1) is 0 Å². The fourth-order valence-electron chi connectivity index (χ4n) is 1.88.